The van der Waals surface area contributed by atoms with Crippen LogP contribution < -0.4 is 0 Å². The molecule has 0 aliphatic heterocycles. The molecule has 5 atom stereocenters. The zero-order valence-corrected chi connectivity index (χ0v) is 49.2. The van der Waals surface area contributed by atoms with E-state index in [2.05, 4.69) is 57.9 Å². The van der Waals surface area contributed by atoms with Crippen LogP contribution in [-0.4, -0.2) is 250 Å². The normalized spacial score (nSPS) is 12.2. The highest BCUT2D eigenvalue weighted by atomic mass is 127. The van der Waals surface area contributed by atoms with Crippen LogP contribution in [-0.2, 0) is 85.6 Å². The van der Waals surface area contributed by atoms with E-state index < -0.39 is 39.9 Å². The van der Waals surface area contributed by atoms with Gasteiger partial charge in [-0.1, -0.05) is 43.4 Å². The van der Waals surface area contributed by atoms with Crippen molar-refractivity contribution in [3.05, 3.63) is 0 Å². The van der Waals surface area contributed by atoms with Crippen LogP contribution in [0.15, 0.2) is 0 Å². The van der Waals surface area contributed by atoms with Gasteiger partial charge in [-0.15, -0.1) is 0 Å². The molecular formula is C46H98BIO24S. The second-order valence-corrected chi connectivity index (χ2v) is 17.6. The molecule has 0 rings (SSSR count). The number of aliphatic hydroxyl groups is 3. The number of alkyl halides is 1. The summed E-state index contributed by atoms with van der Waals surface area (Å²) in [5.41, 5.74) is 0. The Labute approximate surface area is 452 Å². The minimum Gasteiger partial charge on any atom is -0.482 e. The Morgan fingerprint density at radius 3 is 1.19 bits per heavy atom. The summed E-state index contributed by atoms with van der Waals surface area (Å²) in [6, 6.07) is 0. The van der Waals surface area contributed by atoms with Crippen molar-refractivity contribution in [1.29, 1.82) is 0 Å². The Kier molecular flexibility index (Phi) is 89.3. The smallest absolute Gasteiger partial charge is 0.308 e. The van der Waals surface area contributed by atoms with E-state index in [0.717, 1.165) is 43.3 Å². The number of carbonyl (C=O) groups is 4. The van der Waals surface area contributed by atoms with Crippen molar-refractivity contribution < 1.29 is 115 Å². The molecule has 0 aliphatic carbocycles. The second kappa shape index (κ2) is 74.3. The van der Waals surface area contributed by atoms with E-state index in [0.29, 0.717) is 90.9 Å². The van der Waals surface area contributed by atoms with Gasteiger partial charge in [-0.2, -0.15) is 8.42 Å². The number of esters is 1. The summed E-state index contributed by atoms with van der Waals surface area (Å²) >= 11 is 2.36. The van der Waals surface area contributed by atoms with Gasteiger partial charge in [0.1, 0.15) is 0 Å². The average molecular weight is 1210 g/mol. The molecule has 442 valence electrons. The average Bonchev–Trinajstić information content (AvgIpc) is 3.35. The SMILES string of the molecule is CCOC(=O)CCC[C@@H](C)COCCOC.COCCO.COCCOC[C@H](C)C(=O)O.COCCOC[C@H](C)CI.COCCOC[C@H](C)CO.COCCOS(C)(=O)=O.C[C@@H](CO)C(=O)O.[B]CC(=O)O. The third-order valence-electron chi connectivity index (χ3n) is 7.43. The Bertz CT molecular complexity index is 1190. The molecule has 0 fully saturated rings. The van der Waals surface area contributed by atoms with Crippen LogP contribution in [0, 0.1) is 29.6 Å². The van der Waals surface area contributed by atoms with Gasteiger partial charge < -0.3 is 82.7 Å². The van der Waals surface area contributed by atoms with Gasteiger partial charge in [-0.25, -0.2) is 0 Å². The second-order valence-electron chi connectivity index (χ2n) is 15.1. The van der Waals surface area contributed by atoms with Crippen molar-refractivity contribution >= 4 is 64.4 Å². The van der Waals surface area contributed by atoms with E-state index in [1.807, 2.05) is 13.8 Å². The predicted octanol–water partition coefficient (Wildman–Crippen LogP) is 2.98. The fourth-order valence-corrected chi connectivity index (χ4v) is 3.83. The molecule has 6 N–H and O–H groups in total. The van der Waals surface area contributed by atoms with Gasteiger partial charge in [0.2, 0.25) is 0 Å². The Balaban J connectivity index is -0.000000113. The van der Waals surface area contributed by atoms with Crippen LogP contribution in [0.1, 0.15) is 60.8 Å². The van der Waals surface area contributed by atoms with Gasteiger partial charge >= 0.3 is 17.9 Å². The number of ether oxygens (including phenoxy) is 11. The molecule has 0 amide bonds. The zero-order chi connectivity index (χ0) is 58.2. The number of hydrogen-bond acceptors (Lipinski definition) is 21. The van der Waals surface area contributed by atoms with Crippen LogP contribution in [0.2, 0.25) is 6.32 Å². The number of carboxylic acids is 3. The van der Waals surface area contributed by atoms with Crippen molar-refractivity contribution in [1.82, 2.24) is 0 Å². The van der Waals surface area contributed by atoms with Gasteiger partial charge in [-0.3, -0.25) is 23.4 Å². The fraction of sp³-hybridized carbons (Fsp3) is 0.913. The largest absolute Gasteiger partial charge is 0.482 e. The molecule has 0 saturated heterocycles. The van der Waals surface area contributed by atoms with Crippen LogP contribution in [0.4, 0.5) is 0 Å². The Morgan fingerprint density at radius 1 is 0.548 bits per heavy atom. The number of carbonyl (C=O) groups excluding carboxylic acids is 1. The minimum absolute atomic E-state index is 0.0926. The summed E-state index contributed by atoms with van der Waals surface area (Å²) in [6.45, 7) is 19.8. The molecule has 0 unspecified atom stereocenters. The van der Waals surface area contributed by atoms with Crippen molar-refractivity contribution in [3.63, 3.8) is 0 Å². The molecule has 73 heavy (non-hydrogen) atoms. The molecule has 0 aliphatic rings. The molecule has 2 radical (unpaired) electrons. The van der Waals surface area contributed by atoms with Crippen molar-refractivity contribution in [2.45, 2.75) is 67.1 Å². The number of hydrogen-bond donors (Lipinski definition) is 6. The third kappa shape index (κ3) is 107. The molecule has 0 heterocycles. The van der Waals surface area contributed by atoms with Gasteiger partial charge in [0.25, 0.3) is 16.1 Å². The summed E-state index contributed by atoms with van der Waals surface area (Å²) in [5, 5.41) is 48.7. The van der Waals surface area contributed by atoms with Gasteiger partial charge in [0.15, 0.2) is 0 Å². The number of halogens is 1. The predicted molar refractivity (Wildman–Crippen MR) is 285 cm³/mol. The van der Waals surface area contributed by atoms with Crippen LogP contribution >= 0.6 is 22.6 Å². The standard InChI is InChI=1S/C12H24O4.C7H15IO2.C7H14O4.C7H16O3.C4H10O4S.C4H8O3.C3H8O2.C2H3BO2/c1-4-16-12(13)7-5-6-11(2)10-15-9-8-14-3;1-7(5-8)6-10-4-3-9-2;1-6(7(8)9)5-11-4-3-10-2;1-7(5-8)6-10-4-3-9-2;1-7-3-4-8-9(2,5)6;1-3(2-5)4(6)7;1-5-3-2-4;3-1-2(4)5/h11H,4-10H2,1-3H3;7H,3-6H2,1-2H3;6H,3-5H2,1-2H3,(H,8,9);7-8H,3-6H2,1-2H3;3-4H2,1-2H3;3,5H,2H2,1H3,(H,6,7);4H,2-3H2,1H3;1H2,(H,4,5)/t11-;7-;6-;7-;;3-;;/m1101.0../s1. The first-order chi connectivity index (χ1) is 34.4. The molecule has 27 heteroatoms. The van der Waals surface area contributed by atoms with Crippen LogP contribution in [0.3, 0.4) is 0 Å². The number of methoxy groups -OCH3 is 6. The molecule has 0 aromatic rings. The van der Waals surface area contributed by atoms with Crippen molar-refractivity contribution in [2.24, 2.45) is 29.6 Å². The highest BCUT2D eigenvalue weighted by molar-refractivity contribution is 14.1. The lowest BCUT2D eigenvalue weighted by molar-refractivity contribution is -0.144. The fourth-order valence-electron chi connectivity index (χ4n) is 3.20. The zero-order valence-electron chi connectivity index (χ0n) is 46.3. The monoisotopic (exact) mass is 1200 g/mol. The van der Waals surface area contributed by atoms with E-state index in [1.54, 1.807) is 42.5 Å². The number of carboxylic acid groups (broad SMARTS) is 3. The number of aliphatic carboxylic acids is 3. The maximum Gasteiger partial charge on any atom is 0.308 e. The topological polar surface area (TPSA) is 335 Å². The molecule has 0 aromatic carbocycles. The first-order valence-electron chi connectivity index (χ1n) is 23.4. The van der Waals surface area contributed by atoms with Crippen LogP contribution in [0.5, 0.6) is 0 Å². The Hall–Kier alpha value is -1.94. The van der Waals surface area contributed by atoms with Gasteiger partial charge in [0, 0.05) is 85.6 Å². The highest BCUT2D eigenvalue weighted by Gasteiger charge is 2.10. The molecule has 24 nitrogen and oxygen atoms in total. The molecule has 0 spiro atoms. The minimum atomic E-state index is -3.28. The first-order valence-corrected chi connectivity index (χ1v) is 26.8. The molecule has 0 saturated carbocycles. The number of rotatable bonds is 37. The van der Waals surface area contributed by atoms with E-state index >= 15 is 0 Å². The van der Waals surface area contributed by atoms with Gasteiger partial charge in [-0.05, 0) is 45.4 Å². The Morgan fingerprint density at radius 2 is 0.918 bits per heavy atom. The summed E-state index contributed by atoms with van der Waals surface area (Å²) in [7, 11) is 10.9. The van der Waals surface area contributed by atoms with Gasteiger partial charge in [0.05, 0.1) is 132 Å². The lowest BCUT2D eigenvalue weighted by Gasteiger charge is -2.11. The third-order valence-corrected chi connectivity index (χ3v) is 9.53. The summed E-state index contributed by atoms with van der Waals surface area (Å²) in [5.74, 6) is -2.54. The van der Waals surface area contributed by atoms with E-state index in [-0.39, 0.29) is 51.2 Å². The van der Waals surface area contributed by atoms with Crippen LogP contribution in [0.25, 0.3) is 0 Å². The quantitative estimate of drug-likeness (QED) is 0.0130. The maximum absolute atomic E-state index is 11.1. The van der Waals surface area contributed by atoms with E-state index in [1.165, 1.54) is 14.0 Å². The summed E-state index contributed by atoms with van der Waals surface area (Å²) < 4.78 is 79.8. The lowest BCUT2D eigenvalue weighted by atomic mass is 10.1. The van der Waals surface area contributed by atoms with E-state index in [9.17, 15) is 27.6 Å². The summed E-state index contributed by atoms with van der Waals surface area (Å²) in [6.07, 6.45) is 3.10. The van der Waals surface area contributed by atoms with Crippen molar-refractivity contribution in [2.75, 3.05) is 179 Å². The van der Waals surface area contributed by atoms with Crippen molar-refractivity contribution in [3.8, 4) is 0 Å². The molecular weight excluding hydrogens is 1110 g/mol. The first kappa shape index (κ1) is 87.7. The number of aliphatic hydroxyl groups excluding tert-OH is 3. The molecule has 0 aromatic heterocycles. The summed E-state index contributed by atoms with van der Waals surface area (Å²) in [4.78, 5) is 40.3. The highest BCUT2D eigenvalue weighted by Crippen LogP contribution is 2.09. The van der Waals surface area contributed by atoms with E-state index in [4.69, 9.17) is 73.3 Å². The lowest BCUT2D eigenvalue weighted by Crippen LogP contribution is -2.17. The molecule has 0 bridgehead atoms. The maximum atomic E-state index is 11.1.